The Hall–Kier alpha value is -3.76. The lowest BCUT2D eigenvalue weighted by atomic mass is 10.0. The standard InChI is InChI=1S/C26H29N3O7/c1-34-18-3-4-21-19(13-18)20(15-29(21)7-6-24(30)31)25(26(32)33)28-10-8-27(9-11-28)14-17-2-5-22-23(12-17)36-16-35-22/h2-5,12-13,15,25H,6-11,14,16H2,1H3,(H,30,31)(H,32,33). The van der Waals surface area contributed by atoms with Crippen LogP contribution in [-0.2, 0) is 22.7 Å². The van der Waals surface area contributed by atoms with Crippen molar-refractivity contribution in [3.8, 4) is 17.2 Å². The van der Waals surface area contributed by atoms with Gasteiger partial charge in [-0.1, -0.05) is 6.07 Å². The van der Waals surface area contributed by atoms with E-state index >= 15 is 0 Å². The van der Waals surface area contributed by atoms with Gasteiger partial charge in [0.1, 0.15) is 11.8 Å². The zero-order valence-corrected chi connectivity index (χ0v) is 20.1. The summed E-state index contributed by atoms with van der Waals surface area (Å²) in [6.45, 7) is 3.87. The minimum atomic E-state index is -0.931. The summed E-state index contributed by atoms with van der Waals surface area (Å²) in [7, 11) is 1.57. The summed E-state index contributed by atoms with van der Waals surface area (Å²) in [5, 5.41) is 20.2. The van der Waals surface area contributed by atoms with Gasteiger partial charge in [-0.15, -0.1) is 0 Å². The molecule has 1 aromatic heterocycles. The Kier molecular flexibility index (Phi) is 6.71. The molecule has 1 fully saturated rings. The molecule has 2 aliphatic heterocycles. The fraction of sp³-hybridized carbons (Fsp3) is 0.385. The number of methoxy groups -OCH3 is 1. The summed E-state index contributed by atoms with van der Waals surface area (Å²) in [6.07, 6.45) is 1.73. The average Bonchev–Trinajstić information content (AvgIpc) is 3.48. The average molecular weight is 496 g/mol. The largest absolute Gasteiger partial charge is 0.497 e. The Morgan fingerprint density at radius 1 is 1.03 bits per heavy atom. The van der Waals surface area contributed by atoms with Crippen molar-refractivity contribution in [1.29, 1.82) is 0 Å². The molecule has 10 nitrogen and oxygen atoms in total. The molecule has 0 bridgehead atoms. The van der Waals surface area contributed by atoms with Crippen LogP contribution in [0.4, 0.5) is 0 Å². The smallest absolute Gasteiger partial charge is 0.325 e. The van der Waals surface area contributed by atoms with Crippen molar-refractivity contribution in [2.24, 2.45) is 0 Å². The predicted molar refractivity (Wildman–Crippen MR) is 131 cm³/mol. The molecule has 3 aromatic rings. The summed E-state index contributed by atoms with van der Waals surface area (Å²) in [4.78, 5) is 28.0. The predicted octanol–water partition coefficient (Wildman–Crippen LogP) is 2.80. The first kappa shape index (κ1) is 24.0. The van der Waals surface area contributed by atoms with Gasteiger partial charge in [0.15, 0.2) is 11.5 Å². The van der Waals surface area contributed by atoms with Gasteiger partial charge in [-0.2, -0.15) is 0 Å². The van der Waals surface area contributed by atoms with Gasteiger partial charge < -0.3 is 29.0 Å². The van der Waals surface area contributed by atoms with E-state index in [1.165, 1.54) is 0 Å². The van der Waals surface area contributed by atoms with E-state index in [1.807, 2.05) is 39.8 Å². The normalized spacial score (nSPS) is 16.8. The van der Waals surface area contributed by atoms with Crippen molar-refractivity contribution in [1.82, 2.24) is 14.4 Å². The number of aryl methyl sites for hydroxylation is 1. The second-order valence-corrected chi connectivity index (χ2v) is 9.05. The number of carboxylic acids is 2. The highest BCUT2D eigenvalue weighted by atomic mass is 16.7. The molecule has 10 heteroatoms. The number of ether oxygens (including phenoxy) is 3. The molecule has 0 aliphatic carbocycles. The number of piperazine rings is 1. The molecule has 1 saturated heterocycles. The molecule has 2 N–H and O–H groups in total. The first-order valence-electron chi connectivity index (χ1n) is 11.9. The van der Waals surface area contributed by atoms with Crippen molar-refractivity contribution in [2.75, 3.05) is 40.1 Å². The van der Waals surface area contributed by atoms with E-state index in [0.717, 1.165) is 47.6 Å². The van der Waals surface area contributed by atoms with Crippen LogP contribution in [0.25, 0.3) is 10.9 Å². The topological polar surface area (TPSA) is 114 Å². The van der Waals surface area contributed by atoms with Gasteiger partial charge in [-0.3, -0.25) is 19.4 Å². The SMILES string of the molecule is COc1ccc2c(c1)c(C(C(=O)O)N1CCN(Cc3ccc4c(c3)OCO4)CC1)cn2CCC(=O)O. The number of aromatic nitrogens is 1. The van der Waals surface area contributed by atoms with Crippen molar-refractivity contribution >= 4 is 22.8 Å². The maximum Gasteiger partial charge on any atom is 0.325 e. The molecule has 0 spiro atoms. The van der Waals surface area contributed by atoms with E-state index in [4.69, 9.17) is 19.3 Å². The Labute approximate surface area is 208 Å². The summed E-state index contributed by atoms with van der Waals surface area (Å²) in [5.74, 6) is 0.302. The number of fused-ring (bicyclic) bond motifs is 2. The Morgan fingerprint density at radius 3 is 2.53 bits per heavy atom. The maximum atomic E-state index is 12.5. The molecule has 190 valence electrons. The Morgan fingerprint density at radius 2 is 1.81 bits per heavy atom. The molecule has 2 aromatic carbocycles. The number of benzene rings is 2. The van der Waals surface area contributed by atoms with Crippen LogP contribution >= 0.6 is 0 Å². The highest BCUT2D eigenvalue weighted by Crippen LogP contribution is 2.35. The van der Waals surface area contributed by atoms with Crippen LogP contribution in [0.3, 0.4) is 0 Å². The molecule has 5 rings (SSSR count). The lowest BCUT2D eigenvalue weighted by molar-refractivity contribution is -0.144. The molecule has 3 heterocycles. The van der Waals surface area contributed by atoms with Gasteiger partial charge in [-0.05, 0) is 35.9 Å². The molecule has 2 aliphatic rings. The quantitative estimate of drug-likeness (QED) is 0.463. The third-order valence-corrected chi connectivity index (χ3v) is 6.83. The summed E-state index contributed by atoms with van der Waals surface area (Å²) >= 11 is 0. The molecule has 1 atom stereocenters. The first-order chi connectivity index (χ1) is 17.4. The third-order valence-electron chi connectivity index (χ3n) is 6.83. The van der Waals surface area contributed by atoms with Crippen LogP contribution in [-0.4, -0.2) is 76.6 Å². The van der Waals surface area contributed by atoms with E-state index in [2.05, 4.69) is 4.90 Å². The maximum absolute atomic E-state index is 12.5. The second-order valence-electron chi connectivity index (χ2n) is 9.05. The molecular formula is C26H29N3O7. The van der Waals surface area contributed by atoms with E-state index in [-0.39, 0.29) is 19.8 Å². The van der Waals surface area contributed by atoms with Crippen molar-refractivity contribution in [2.45, 2.75) is 25.6 Å². The number of hydrogen-bond acceptors (Lipinski definition) is 7. The number of hydrogen-bond donors (Lipinski definition) is 2. The van der Waals surface area contributed by atoms with Crippen molar-refractivity contribution in [3.63, 3.8) is 0 Å². The minimum Gasteiger partial charge on any atom is -0.497 e. The van der Waals surface area contributed by atoms with Crippen LogP contribution in [0, 0.1) is 0 Å². The second kappa shape index (κ2) is 10.1. The monoisotopic (exact) mass is 495 g/mol. The molecule has 0 amide bonds. The first-order valence-corrected chi connectivity index (χ1v) is 11.9. The van der Waals surface area contributed by atoms with Gasteiger partial charge in [-0.25, -0.2) is 0 Å². The molecular weight excluding hydrogens is 466 g/mol. The highest BCUT2D eigenvalue weighted by molar-refractivity contribution is 5.90. The van der Waals surface area contributed by atoms with Crippen LogP contribution in [0.15, 0.2) is 42.6 Å². The molecule has 36 heavy (non-hydrogen) atoms. The van der Waals surface area contributed by atoms with Crippen LogP contribution < -0.4 is 14.2 Å². The summed E-state index contributed by atoms with van der Waals surface area (Å²) in [5.41, 5.74) is 2.56. The van der Waals surface area contributed by atoms with Crippen LogP contribution in [0.2, 0.25) is 0 Å². The fourth-order valence-electron chi connectivity index (χ4n) is 5.01. The molecule has 1 unspecified atom stereocenters. The van der Waals surface area contributed by atoms with E-state index in [0.29, 0.717) is 24.4 Å². The zero-order chi connectivity index (χ0) is 25.2. The van der Waals surface area contributed by atoms with Crippen molar-refractivity contribution in [3.05, 3.63) is 53.7 Å². The zero-order valence-electron chi connectivity index (χ0n) is 20.1. The van der Waals surface area contributed by atoms with Crippen molar-refractivity contribution < 1.29 is 34.0 Å². The number of rotatable bonds is 9. The van der Waals surface area contributed by atoms with E-state index < -0.39 is 18.0 Å². The minimum absolute atomic E-state index is 0.0501. The number of carbonyl (C=O) groups is 2. The van der Waals surface area contributed by atoms with Gasteiger partial charge in [0.05, 0.1) is 13.5 Å². The number of aliphatic carboxylic acids is 2. The van der Waals surface area contributed by atoms with E-state index in [9.17, 15) is 14.7 Å². The molecule has 0 saturated carbocycles. The van der Waals surface area contributed by atoms with Crippen LogP contribution in [0.1, 0.15) is 23.6 Å². The Bertz CT molecular complexity index is 1280. The van der Waals surface area contributed by atoms with Gasteiger partial charge in [0.2, 0.25) is 6.79 Å². The Balaban J connectivity index is 1.35. The summed E-state index contributed by atoms with van der Waals surface area (Å²) in [6, 6.07) is 10.6. The number of nitrogens with zero attached hydrogens (tertiary/aromatic N) is 3. The van der Waals surface area contributed by atoms with E-state index in [1.54, 1.807) is 19.4 Å². The lowest BCUT2D eigenvalue weighted by Crippen LogP contribution is -2.48. The lowest BCUT2D eigenvalue weighted by Gasteiger charge is -2.37. The molecule has 0 radical (unpaired) electrons. The van der Waals surface area contributed by atoms with Gasteiger partial charge in [0.25, 0.3) is 0 Å². The summed E-state index contributed by atoms with van der Waals surface area (Å²) < 4.78 is 18.1. The van der Waals surface area contributed by atoms with Gasteiger partial charge in [0, 0.05) is 61.9 Å². The highest BCUT2D eigenvalue weighted by Gasteiger charge is 2.33. The van der Waals surface area contributed by atoms with Crippen LogP contribution in [0.5, 0.6) is 17.2 Å². The number of carboxylic acid groups (broad SMARTS) is 2. The van der Waals surface area contributed by atoms with Gasteiger partial charge >= 0.3 is 11.9 Å². The fourth-order valence-corrected chi connectivity index (χ4v) is 5.01. The third kappa shape index (κ3) is 4.82.